The molecule has 0 aliphatic carbocycles. The van der Waals surface area contributed by atoms with Crippen LogP contribution in [0.25, 0.3) is 0 Å². The maximum Gasteiger partial charge on any atom is 0.0730 e. The van der Waals surface area contributed by atoms with Gasteiger partial charge in [-0.15, -0.1) is 0 Å². The van der Waals surface area contributed by atoms with Crippen LogP contribution in [0.2, 0.25) is 0 Å². The van der Waals surface area contributed by atoms with Crippen LogP contribution in [0.5, 0.6) is 0 Å². The standard InChI is InChI=1S/C12H25NO/c1-4-10(5-2)12(13-3)11-8-6-7-9-14-11/h10-13H,4-9H2,1-3H3. The molecule has 0 bridgehead atoms. The molecule has 1 saturated heterocycles. The van der Waals surface area contributed by atoms with E-state index in [1.54, 1.807) is 0 Å². The molecule has 1 fully saturated rings. The summed E-state index contributed by atoms with van der Waals surface area (Å²) in [4.78, 5) is 0. The van der Waals surface area contributed by atoms with E-state index in [1.807, 2.05) is 0 Å². The van der Waals surface area contributed by atoms with Crippen molar-refractivity contribution in [2.24, 2.45) is 5.92 Å². The van der Waals surface area contributed by atoms with E-state index in [1.165, 1.54) is 32.1 Å². The fourth-order valence-corrected chi connectivity index (χ4v) is 2.57. The van der Waals surface area contributed by atoms with Crippen LogP contribution in [-0.2, 0) is 4.74 Å². The summed E-state index contributed by atoms with van der Waals surface area (Å²) in [7, 11) is 2.07. The first kappa shape index (κ1) is 12.0. The minimum absolute atomic E-state index is 0.457. The molecule has 2 heteroatoms. The fraction of sp³-hybridized carbons (Fsp3) is 1.00. The zero-order chi connectivity index (χ0) is 10.4. The molecule has 1 rings (SSSR count). The van der Waals surface area contributed by atoms with E-state index in [4.69, 9.17) is 4.74 Å². The summed E-state index contributed by atoms with van der Waals surface area (Å²) in [6, 6.07) is 0.560. The quantitative estimate of drug-likeness (QED) is 0.735. The van der Waals surface area contributed by atoms with Crippen molar-refractivity contribution in [2.45, 2.75) is 58.1 Å². The first-order valence-corrected chi connectivity index (χ1v) is 6.12. The van der Waals surface area contributed by atoms with Gasteiger partial charge in [0.15, 0.2) is 0 Å². The number of hydrogen-bond acceptors (Lipinski definition) is 2. The van der Waals surface area contributed by atoms with Gasteiger partial charge < -0.3 is 10.1 Å². The Hall–Kier alpha value is -0.0800. The highest BCUT2D eigenvalue weighted by Crippen LogP contribution is 2.23. The Morgan fingerprint density at radius 2 is 2.00 bits per heavy atom. The molecular formula is C12H25NO. The van der Waals surface area contributed by atoms with Gasteiger partial charge in [0, 0.05) is 12.6 Å². The van der Waals surface area contributed by atoms with Crippen LogP contribution in [0.15, 0.2) is 0 Å². The van der Waals surface area contributed by atoms with Gasteiger partial charge >= 0.3 is 0 Å². The Labute approximate surface area is 88.4 Å². The van der Waals surface area contributed by atoms with Crippen LogP contribution >= 0.6 is 0 Å². The number of likely N-dealkylation sites (N-methyl/N-ethyl adjacent to an activating group) is 1. The average molecular weight is 199 g/mol. The first-order valence-electron chi connectivity index (χ1n) is 6.12. The van der Waals surface area contributed by atoms with Gasteiger partial charge in [-0.05, 0) is 32.2 Å². The molecule has 1 N–H and O–H groups in total. The van der Waals surface area contributed by atoms with Gasteiger partial charge in [-0.2, -0.15) is 0 Å². The summed E-state index contributed by atoms with van der Waals surface area (Å²) in [5.74, 6) is 0.767. The minimum atomic E-state index is 0.457. The number of ether oxygens (including phenoxy) is 1. The lowest BCUT2D eigenvalue weighted by molar-refractivity contribution is -0.0202. The maximum absolute atomic E-state index is 5.85. The van der Waals surface area contributed by atoms with Gasteiger partial charge in [-0.25, -0.2) is 0 Å². The van der Waals surface area contributed by atoms with E-state index in [9.17, 15) is 0 Å². The summed E-state index contributed by atoms with van der Waals surface area (Å²) in [6.45, 7) is 5.52. The van der Waals surface area contributed by atoms with Crippen molar-refractivity contribution < 1.29 is 4.74 Å². The Kier molecular flexibility index (Phi) is 5.49. The smallest absolute Gasteiger partial charge is 0.0730 e. The Bertz CT molecular complexity index is 139. The highest BCUT2D eigenvalue weighted by molar-refractivity contribution is 4.83. The molecule has 2 nitrogen and oxygen atoms in total. The molecule has 14 heavy (non-hydrogen) atoms. The summed E-state index contributed by atoms with van der Waals surface area (Å²) in [5, 5.41) is 3.45. The third-order valence-electron chi connectivity index (χ3n) is 3.51. The lowest BCUT2D eigenvalue weighted by atomic mass is 9.87. The van der Waals surface area contributed by atoms with Crippen molar-refractivity contribution in [1.82, 2.24) is 5.32 Å². The van der Waals surface area contributed by atoms with Crippen molar-refractivity contribution in [3.63, 3.8) is 0 Å². The van der Waals surface area contributed by atoms with E-state index < -0.39 is 0 Å². The van der Waals surface area contributed by atoms with Gasteiger partial charge in [0.2, 0.25) is 0 Å². The second-order valence-electron chi connectivity index (χ2n) is 4.30. The van der Waals surface area contributed by atoms with Crippen molar-refractivity contribution in [2.75, 3.05) is 13.7 Å². The minimum Gasteiger partial charge on any atom is -0.377 e. The predicted molar refractivity (Wildman–Crippen MR) is 60.5 cm³/mol. The zero-order valence-electron chi connectivity index (χ0n) is 9.88. The lowest BCUT2D eigenvalue weighted by Gasteiger charge is -2.35. The van der Waals surface area contributed by atoms with E-state index >= 15 is 0 Å². The summed E-state index contributed by atoms with van der Waals surface area (Å²) in [5.41, 5.74) is 0. The number of nitrogens with one attached hydrogen (secondary N) is 1. The van der Waals surface area contributed by atoms with Crippen molar-refractivity contribution >= 4 is 0 Å². The van der Waals surface area contributed by atoms with Crippen molar-refractivity contribution in [1.29, 1.82) is 0 Å². The molecule has 84 valence electrons. The monoisotopic (exact) mass is 199 g/mol. The van der Waals surface area contributed by atoms with Crippen LogP contribution < -0.4 is 5.32 Å². The topological polar surface area (TPSA) is 21.3 Å². The second kappa shape index (κ2) is 6.41. The van der Waals surface area contributed by atoms with Crippen LogP contribution in [-0.4, -0.2) is 25.8 Å². The summed E-state index contributed by atoms with van der Waals surface area (Å²) in [6.07, 6.45) is 6.78. The molecule has 2 unspecified atom stereocenters. The fourth-order valence-electron chi connectivity index (χ4n) is 2.57. The van der Waals surface area contributed by atoms with E-state index in [0.717, 1.165) is 12.5 Å². The van der Waals surface area contributed by atoms with E-state index in [0.29, 0.717) is 12.1 Å². The Morgan fingerprint density at radius 1 is 1.29 bits per heavy atom. The lowest BCUT2D eigenvalue weighted by Crippen LogP contribution is -2.46. The third kappa shape index (κ3) is 2.96. The summed E-state index contributed by atoms with van der Waals surface area (Å²) < 4.78 is 5.85. The first-order chi connectivity index (χ1) is 6.83. The van der Waals surface area contributed by atoms with Gasteiger partial charge in [0.25, 0.3) is 0 Å². The predicted octanol–water partition coefficient (Wildman–Crippen LogP) is 2.58. The highest BCUT2D eigenvalue weighted by atomic mass is 16.5. The Balaban J connectivity index is 2.49. The van der Waals surface area contributed by atoms with E-state index in [2.05, 4.69) is 26.2 Å². The molecule has 0 spiro atoms. The number of hydrogen-bond donors (Lipinski definition) is 1. The largest absolute Gasteiger partial charge is 0.377 e. The van der Waals surface area contributed by atoms with Gasteiger partial charge in [0.1, 0.15) is 0 Å². The Morgan fingerprint density at radius 3 is 2.43 bits per heavy atom. The molecule has 0 amide bonds. The molecule has 0 aromatic carbocycles. The number of rotatable bonds is 5. The maximum atomic E-state index is 5.85. The van der Waals surface area contributed by atoms with E-state index in [-0.39, 0.29) is 0 Å². The van der Waals surface area contributed by atoms with Crippen LogP contribution in [0.1, 0.15) is 46.0 Å². The van der Waals surface area contributed by atoms with Crippen LogP contribution in [0, 0.1) is 5.92 Å². The molecule has 1 aliphatic rings. The third-order valence-corrected chi connectivity index (χ3v) is 3.51. The van der Waals surface area contributed by atoms with Crippen LogP contribution in [0.4, 0.5) is 0 Å². The molecule has 0 saturated carbocycles. The molecule has 0 aromatic rings. The van der Waals surface area contributed by atoms with Gasteiger partial charge in [0.05, 0.1) is 6.10 Å². The van der Waals surface area contributed by atoms with Crippen molar-refractivity contribution in [3.8, 4) is 0 Å². The van der Waals surface area contributed by atoms with Gasteiger partial charge in [-0.3, -0.25) is 0 Å². The SMILES string of the molecule is CCC(CC)C(NC)C1CCCCO1. The molecule has 0 aromatic heterocycles. The van der Waals surface area contributed by atoms with Crippen LogP contribution in [0.3, 0.4) is 0 Å². The normalized spacial score (nSPS) is 25.3. The highest BCUT2D eigenvalue weighted by Gasteiger charge is 2.28. The van der Waals surface area contributed by atoms with Crippen molar-refractivity contribution in [3.05, 3.63) is 0 Å². The second-order valence-corrected chi connectivity index (χ2v) is 4.30. The van der Waals surface area contributed by atoms with Gasteiger partial charge in [-0.1, -0.05) is 26.7 Å². The average Bonchev–Trinajstić information content (AvgIpc) is 2.27. The molecular weight excluding hydrogens is 174 g/mol. The molecule has 1 aliphatic heterocycles. The zero-order valence-corrected chi connectivity index (χ0v) is 9.88. The molecule has 0 radical (unpaired) electrons. The molecule has 1 heterocycles. The summed E-state index contributed by atoms with van der Waals surface area (Å²) >= 11 is 0. The molecule has 2 atom stereocenters.